The van der Waals surface area contributed by atoms with Crippen LogP contribution in [0.2, 0.25) is 5.15 Å². The summed E-state index contributed by atoms with van der Waals surface area (Å²) in [5.74, 6) is -1.99. The number of rotatable bonds is 7. The molecule has 0 radical (unpaired) electrons. The zero-order chi connectivity index (χ0) is 23.4. The molecule has 0 aliphatic rings. The van der Waals surface area contributed by atoms with E-state index in [1.807, 2.05) is 0 Å². The van der Waals surface area contributed by atoms with Crippen LogP contribution in [0.25, 0.3) is 11.8 Å². The van der Waals surface area contributed by atoms with Crippen LogP contribution >= 0.6 is 11.6 Å². The van der Waals surface area contributed by atoms with Gasteiger partial charge in [0.25, 0.3) is 5.69 Å². The lowest BCUT2D eigenvalue weighted by atomic mass is 10.1. The molecule has 0 atom stereocenters. The lowest BCUT2D eigenvalue weighted by molar-refractivity contribution is -0.385. The van der Waals surface area contributed by atoms with Crippen molar-refractivity contribution in [2.24, 2.45) is 5.73 Å². The quantitative estimate of drug-likeness (QED) is 0.248. The molecule has 0 aliphatic heterocycles. The minimum Gasteiger partial charge on any atom is -0.457 e. The maximum absolute atomic E-state index is 13.1. The van der Waals surface area contributed by atoms with Crippen LogP contribution in [-0.4, -0.2) is 26.6 Å². The average molecular weight is 459 g/mol. The maximum Gasteiger partial charge on any atom is 0.331 e. The minimum absolute atomic E-state index is 0.0324. The van der Waals surface area contributed by atoms with Crippen molar-refractivity contribution in [3.63, 3.8) is 0 Å². The highest BCUT2D eigenvalue weighted by Crippen LogP contribution is 2.25. The number of nitro groups is 1. The van der Waals surface area contributed by atoms with Crippen molar-refractivity contribution < 1.29 is 23.6 Å². The number of hydrogen-bond donors (Lipinski definition) is 1. The van der Waals surface area contributed by atoms with E-state index in [-0.39, 0.29) is 22.9 Å². The first-order valence-corrected chi connectivity index (χ1v) is 9.48. The van der Waals surface area contributed by atoms with E-state index in [1.54, 1.807) is 6.92 Å². The largest absolute Gasteiger partial charge is 0.457 e. The number of hydrogen-bond acceptors (Lipinski definition) is 6. The van der Waals surface area contributed by atoms with E-state index in [4.69, 9.17) is 22.1 Å². The Morgan fingerprint density at radius 3 is 2.59 bits per heavy atom. The van der Waals surface area contributed by atoms with Gasteiger partial charge >= 0.3 is 5.97 Å². The Morgan fingerprint density at radius 1 is 1.28 bits per heavy atom. The fraction of sp³-hybridized carbons (Fsp3) is 0.0952. The summed E-state index contributed by atoms with van der Waals surface area (Å²) in [5.41, 5.74) is 6.30. The highest BCUT2D eigenvalue weighted by molar-refractivity contribution is 6.31. The van der Waals surface area contributed by atoms with Gasteiger partial charge in [0.2, 0.25) is 5.91 Å². The van der Waals surface area contributed by atoms with Crippen molar-refractivity contribution in [1.29, 1.82) is 0 Å². The van der Waals surface area contributed by atoms with E-state index in [0.717, 1.165) is 12.1 Å². The van der Waals surface area contributed by atoms with E-state index in [0.29, 0.717) is 16.9 Å². The second-order valence-corrected chi connectivity index (χ2v) is 6.94. The molecule has 164 valence electrons. The van der Waals surface area contributed by atoms with Crippen LogP contribution in [0.15, 0.2) is 48.5 Å². The number of primary amides is 1. The monoisotopic (exact) mass is 458 g/mol. The summed E-state index contributed by atoms with van der Waals surface area (Å²) in [6.07, 6.45) is 2.51. The average Bonchev–Trinajstić information content (AvgIpc) is 3.04. The zero-order valence-corrected chi connectivity index (χ0v) is 17.4. The second-order valence-electron chi connectivity index (χ2n) is 6.58. The van der Waals surface area contributed by atoms with Gasteiger partial charge in [0.15, 0.2) is 0 Å². The molecule has 0 fully saturated rings. The molecule has 3 aromatic rings. The Hall–Kier alpha value is -4.05. The summed E-state index contributed by atoms with van der Waals surface area (Å²) in [4.78, 5) is 33.8. The van der Waals surface area contributed by atoms with Gasteiger partial charge in [0.05, 0.1) is 21.9 Å². The summed E-state index contributed by atoms with van der Waals surface area (Å²) >= 11 is 6.35. The summed E-state index contributed by atoms with van der Waals surface area (Å²) in [6, 6.07) is 9.17. The lowest BCUT2D eigenvalue weighted by Crippen LogP contribution is -2.12. The van der Waals surface area contributed by atoms with Gasteiger partial charge in [0, 0.05) is 23.3 Å². The Kier molecular flexibility index (Phi) is 6.64. The molecule has 2 N–H and O–H groups in total. The van der Waals surface area contributed by atoms with Crippen molar-refractivity contribution in [2.75, 3.05) is 0 Å². The number of nitrogens with zero attached hydrogens (tertiary/aromatic N) is 3. The molecule has 9 nitrogen and oxygen atoms in total. The SMILES string of the molecule is Cc1nn(-c2ccc(F)cc2)c(Cl)c1/C=C/C(=O)OCc1ccc(C(N)=O)cc1[N+](=O)[O-]. The van der Waals surface area contributed by atoms with Gasteiger partial charge in [0.1, 0.15) is 17.6 Å². The fourth-order valence-corrected chi connectivity index (χ4v) is 3.15. The highest BCUT2D eigenvalue weighted by atomic mass is 35.5. The molecule has 0 unspecified atom stereocenters. The molecule has 0 aliphatic carbocycles. The molecule has 11 heteroatoms. The third kappa shape index (κ3) is 4.98. The van der Waals surface area contributed by atoms with Crippen LogP contribution in [-0.2, 0) is 16.1 Å². The smallest absolute Gasteiger partial charge is 0.331 e. The van der Waals surface area contributed by atoms with Crippen molar-refractivity contribution in [1.82, 2.24) is 9.78 Å². The van der Waals surface area contributed by atoms with Crippen molar-refractivity contribution in [3.8, 4) is 5.69 Å². The molecule has 3 rings (SSSR count). The van der Waals surface area contributed by atoms with Crippen LogP contribution in [0.5, 0.6) is 0 Å². The predicted octanol–water partition coefficient (Wildman–Crippen LogP) is 3.74. The second kappa shape index (κ2) is 9.40. The summed E-state index contributed by atoms with van der Waals surface area (Å²) in [6.45, 7) is 1.29. The van der Waals surface area contributed by atoms with Gasteiger partial charge in [-0.25, -0.2) is 13.9 Å². The molecule has 0 bridgehead atoms. The number of carbonyl (C=O) groups excluding carboxylic acids is 2. The number of nitro benzene ring substituents is 1. The molecule has 32 heavy (non-hydrogen) atoms. The summed E-state index contributed by atoms with van der Waals surface area (Å²) in [5, 5.41) is 15.7. The van der Waals surface area contributed by atoms with E-state index in [1.165, 1.54) is 47.2 Å². The number of halogens is 2. The number of ether oxygens (including phenoxy) is 1. The van der Waals surface area contributed by atoms with Crippen molar-refractivity contribution >= 4 is 35.2 Å². The van der Waals surface area contributed by atoms with E-state index >= 15 is 0 Å². The number of nitrogens with two attached hydrogens (primary N) is 1. The molecule has 1 heterocycles. The predicted molar refractivity (Wildman–Crippen MR) is 114 cm³/mol. The first-order chi connectivity index (χ1) is 15.2. The molecular weight excluding hydrogens is 443 g/mol. The van der Waals surface area contributed by atoms with Gasteiger partial charge in [-0.05, 0) is 49.4 Å². The summed E-state index contributed by atoms with van der Waals surface area (Å²) in [7, 11) is 0. The topological polar surface area (TPSA) is 130 Å². The first-order valence-electron chi connectivity index (χ1n) is 9.10. The summed E-state index contributed by atoms with van der Waals surface area (Å²) < 4.78 is 19.6. The Balaban J connectivity index is 1.73. The number of amides is 1. The van der Waals surface area contributed by atoms with Crippen LogP contribution in [0.3, 0.4) is 0 Å². The molecule has 2 aromatic carbocycles. The number of esters is 1. The van der Waals surface area contributed by atoms with E-state index in [9.17, 15) is 24.1 Å². The van der Waals surface area contributed by atoms with Gasteiger partial charge in [-0.3, -0.25) is 14.9 Å². The van der Waals surface area contributed by atoms with Gasteiger partial charge in [-0.2, -0.15) is 5.10 Å². The highest BCUT2D eigenvalue weighted by Gasteiger charge is 2.18. The molecule has 0 saturated heterocycles. The molecular formula is C21H16ClFN4O5. The van der Waals surface area contributed by atoms with Crippen molar-refractivity contribution in [3.05, 3.63) is 92.0 Å². The first kappa shape index (κ1) is 22.6. The maximum atomic E-state index is 13.1. The molecule has 0 saturated carbocycles. The normalized spacial score (nSPS) is 11.0. The third-order valence-corrected chi connectivity index (χ3v) is 4.81. The number of benzene rings is 2. The van der Waals surface area contributed by atoms with E-state index in [2.05, 4.69) is 5.10 Å². The van der Waals surface area contributed by atoms with Crippen LogP contribution < -0.4 is 5.73 Å². The Labute approximate surface area is 186 Å². The molecule has 0 spiro atoms. The van der Waals surface area contributed by atoms with Gasteiger partial charge < -0.3 is 10.5 Å². The molecule has 1 aromatic heterocycles. The Morgan fingerprint density at radius 2 is 1.97 bits per heavy atom. The van der Waals surface area contributed by atoms with Crippen LogP contribution in [0.4, 0.5) is 10.1 Å². The van der Waals surface area contributed by atoms with Crippen LogP contribution in [0, 0.1) is 22.9 Å². The standard InChI is InChI=1S/C21H16ClFN4O5/c1-12-17(20(22)26(25-12)16-6-4-15(23)5-7-16)8-9-19(28)32-11-14-3-2-13(21(24)29)10-18(14)27(30)31/h2-10H,11H2,1H3,(H2,24,29)/b9-8+. The van der Waals surface area contributed by atoms with Crippen molar-refractivity contribution in [2.45, 2.75) is 13.5 Å². The minimum atomic E-state index is -0.812. The fourth-order valence-electron chi connectivity index (χ4n) is 2.81. The number of carbonyl (C=O) groups is 2. The van der Waals surface area contributed by atoms with Crippen LogP contribution in [0.1, 0.15) is 27.2 Å². The number of aromatic nitrogens is 2. The third-order valence-electron chi connectivity index (χ3n) is 4.44. The zero-order valence-electron chi connectivity index (χ0n) is 16.6. The molecule has 1 amide bonds. The van der Waals surface area contributed by atoms with E-state index < -0.39 is 28.3 Å². The number of aryl methyl sites for hydroxylation is 1. The van der Waals surface area contributed by atoms with Gasteiger partial charge in [-0.1, -0.05) is 11.6 Å². The van der Waals surface area contributed by atoms with Gasteiger partial charge in [-0.15, -0.1) is 0 Å². The lowest BCUT2D eigenvalue weighted by Gasteiger charge is -2.05. The Bertz CT molecular complexity index is 1240.